The molecule has 0 saturated carbocycles. The van der Waals surface area contributed by atoms with Gasteiger partial charge in [0, 0.05) is 12.6 Å². The van der Waals surface area contributed by atoms with E-state index in [-0.39, 0.29) is 0 Å². The van der Waals surface area contributed by atoms with Crippen LogP contribution < -0.4 is 0 Å². The minimum atomic E-state index is 0.645. The molecule has 2 aromatic heterocycles. The molecule has 5 heteroatoms. The molecule has 0 aliphatic rings. The highest BCUT2D eigenvalue weighted by atomic mass is 32.1. The van der Waals surface area contributed by atoms with Crippen molar-refractivity contribution in [1.29, 1.82) is 0 Å². The second kappa shape index (κ2) is 4.03. The molecule has 90 valence electrons. The predicted octanol–water partition coefficient (Wildman–Crippen LogP) is 2.77. The highest BCUT2D eigenvalue weighted by molar-refractivity contribution is 7.71. The maximum absolute atomic E-state index is 5.42. The molecule has 0 atom stereocenters. The molecule has 0 saturated heterocycles. The van der Waals surface area contributed by atoms with Gasteiger partial charge in [0.2, 0.25) is 4.77 Å². The van der Waals surface area contributed by atoms with Gasteiger partial charge in [-0.15, -0.1) is 0 Å². The number of aryl methyl sites for hydroxylation is 2. The van der Waals surface area contributed by atoms with Crippen molar-refractivity contribution in [3.05, 3.63) is 47.0 Å². The summed E-state index contributed by atoms with van der Waals surface area (Å²) in [5.74, 6) is 0.867. The Bertz CT molecular complexity index is 771. The molecule has 3 rings (SSSR count). The molecule has 1 aromatic carbocycles. The van der Waals surface area contributed by atoms with E-state index in [0.717, 1.165) is 22.6 Å². The maximum atomic E-state index is 5.42. The van der Waals surface area contributed by atoms with Crippen LogP contribution in [0.15, 0.2) is 36.5 Å². The second-order valence-electron chi connectivity index (χ2n) is 4.16. The number of nitrogens with zero attached hydrogens (tertiary/aromatic N) is 4. The van der Waals surface area contributed by atoms with Crippen molar-refractivity contribution in [3.8, 4) is 11.4 Å². The summed E-state index contributed by atoms with van der Waals surface area (Å²) in [6.07, 6.45) is 1.80. The maximum Gasteiger partial charge on any atom is 0.202 e. The lowest BCUT2D eigenvalue weighted by Crippen LogP contribution is -2.04. The summed E-state index contributed by atoms with van der Waals surface area (Å²) >= 11 is 5.42. The van der Waals surface area contributed by atoms with E-state index in [4.69, 9.17) is 12.2 Å². The van der Waals surface area contributed by atoms with Crippen LogP contribution in [-0.4, -0.2) is 19.2 Å². The monoisotopic (exact) mass is 256 g/mol. The Kier molecular flexibility index (Phi) is 2.48. The molecular formula is C13H12N4S. The lowest BCUT2D eigenvalue weighted by Gasteiger charge is -2.03. The number of hydrogen-bond donors (Lipinski definition) is 0. The number of imidazole rings is 1. The van der Waals surface area contributed by atoms with Crippen LogP contribution in [0.5, 0.6) is 0 Å². The van der Waals surface area contributed by atoms with Crippen molar-refractivity contribution in [1.82, 2.24) is 19.2 Å². The van der Waals surface area contributed by atoms with Gasteiger partial charge in [-0.2, -0.15) is 5.10 Å². The first kappa shape index (κ1) is 11.1. The minimum absolute atomic E-state index is 0.645. The minimum Gasteiger partial charge on any atom is -0.266 e. The second-order valence-corrected chi connectivity index (χ2v) is 4.52. The number of hydrogen-bond acceptors (Lipinski definition) is 3. The van der Waals surface area contributed by atoms with Gasteiger partial charge in [-0.25, -0.2) is 9.67 Å². The van der Waals surface area contributed by atoms with E-state index >= 15 is 0 Å². The molecule has 0 unspecified atom stereocenters. The number of rotatable bonds is 1. The highest BCUT2D eigenvalue weighted by Crippen LogP contribution is 2.21. The van der Waals surface area contributed by atoms with Crippen LogP contribution in [0.3, 0.4) is 0 Å². The van der Waals surface area contributed by atoms with Gasteiger partial charge in [0.15, 0.2) is 0 Å². The fourth-order valence-corrected chi connectivity index (χ4v) is 2.24. The Labute approximate surface area is 110 Å². The van der Waals surface area contributed by atoms with Crippen LogP contribution in [-0.2, 0) is 7.05 Å². The fourth-order valence-electron chi connectivity index (χ4n) is 2.00. The molecule has 0 aliphatic heterocycles. The van der Waals surface area contributed by atoms with Crippen LogP contribution in [0.25, 0.3) is 16.9 Å². The molecular weight excluding hydrogens is 244 g/mol. The zero-order valence-corrected chi connectivity index (χ0v) is 11.0. The van der Waals surface area contributed by atoms with Crippen LogP contribution >= 0.6 is 12.2 Å². The van der Waals surface area contributed by atoms with E-state index in [1.165, 1.54) is 0 Å². The highest BCUT2D eigenvalue weighted by Gasteiger charge is 2.11. The summed E-state index contributed by atoms with van der Waals surface area (Å²) < 4.78 is 4.29. The Morgan fingerprint density at radius 3 is 2.61 bits per heavy atom. The molecule has 0 bridgehead atoms. The Hall–Kier alpha value is -2.01. The molecule has 0 amide bonds. The quantitative estimate of drug-likeness (QED) is 0.628. The van der Waals surface area contributed by atoms with Crippen LogP contribution in [0.1, 0.15) is 5.69 Å². The van der Waals surface area contributed by atoms with E-state index in [9.17, 15) is 0 Å². The number of fused-ring (bicyclic) bond motifs is 1. The van der Waals surface area contributed by atoms with Gasteiger partial charge in [-0.3, -0.25) is 4.40 Å². The summed E-state index contributed by atoms with van der Waals surface area (Å²) in [4.78, 5) is 4.60. The Balaban J connectivity index is 2.45. The van der Waals surface area contributed by atoms with Crippen LogP contribution in [0.2, 0.25) is 0 Å². The standard InChI is InChI=1S/C13H12N4S/c1-9-11-8-14-16(2)13(18)17(11)12(15-9)10-6-4-3-5-7-10/h3-8H,1-2H3. The zero-order valence-electron chi connectivity index (χ0n) is 10.2. The van der Waals surface area contributed by atoms with E-state index in [1.807, 2.05) is 48.7 Å². The van der Waals surface area contributed by atoms with E-state index in [0.29, 0.717) is 4.77 Å². The Morgan fingerprint density at radius 2 is 1.89 bits per heavy atom. The van der Waals surface area contributed by atoms with Crippen molar-refractivity contribution < 1.29 is 0 Å². The molecule has 3 aromatic rings. The third-order valence-electron chi connectivity index (χ3n) is 2.95. The lowest BCUT2D eigenvalue weighted by atomic mass is 10.2. The summed E-state index contributed by atoms with van der Waals surface area (Å²) in [5, 5.41) is 4.23. The van der Waals surface area contributed by atoms with Gasteiger partial charge in [-0.05, 0) is 19.1 Å². The van der Waals surface area contributed by atoms with Gasteiger partial charge in [0.1, 0.15) is 5.82 Å². The van der Waals surface area contributed by atoms with Gasteiger partial charge in [-0.1, -0.05) is 30.3 Å². The normalized spacial score (nSPS) is 11.0. The van der Waals surface area contributed by atoms with E-state index < -0.39 is 0 Å². The topological polar surface area (TPSA) is 35.1 Å². The van der Waals surface area contributed by atoms with Crippen LogP contribution in [0, 0.1) is 11.7 Å². The average molecular weight is 256 g/mol. The number of aromatic nitrogens is 4. The van der Waals surface area contributed by atoms with Crippen molar-refractivity contribution in [2.24, 2.45) is 7.05 Å². The molecule has 0 fully saturated rings. The third kappa shape index (κ3) is 1.55. The first-order chi connectivity index (χ1) is 8.68. The molecule has 0 N–H and O–H groups in total. The first-order valence-electron chi connectivity index (χ1n) is 5.65. The van der Waals surface area contributed by atoms with Crippen molar-refractivity contribution >= 4 is 17.7 Å². The molecule has 4 nitrogen and oxygen atoms in total. The zero-order chi connectivity index (χ0) is 12.7. The summed E-state index contributed by atoms with van der Waals surface area (Å²) in [7, 11) is 1.84. The van der Waals surface area contributed by atoms with Crippen molar-refractivity contribution in [2.45, 2.75) is 6.92 Å². The van der Waals surface area contributed by atoms with Crippen molar-refractivity contribution in [3.63, 3.8) is 0 Å². The number of benzene rings is 1. The van der Waals surface area contributed by atoms with Gasteiger partial charge in [0.25, 0.3) is 0 Å². The predicted molar refractivity (Wildman–Crippen MR) is 73.0 cm³/mol. The molecule has 0 spiro atoms. The van der Waals surface area contributed by atoms with E-state index in [1.54, 1.807) is 10.9 Å². The fraction of sp³-hybridized carbons (Fsp3) is 0.154. The summed E-state index contributed by atoms with van der Waals surface area (Å²) in [6, 6.07) is 10.0. The first-order valence-corrected chi connectivity index (χ1v) is 6.06. The summed E-state index contributed by atoms with van der Waals surface area (Å²) in [6.45, 7) is 1.97. The van der Waals surface area contributed by atoms with Gasteiger partial charge >= 0.3 is 0 Å². The molecule has 0 aliphatic carbocycles. The summed E-state index contributed by atoms with van der Waals surface area (Å²) in [5.41, 5.74) is 2.95. The molecule has 2 heterocycles. The lowest BCUT2D eigenvalue weighted by molar-refractivity contribution is 0.691. The third-order valence-corrected chi connectivity index (χ3v) is 3.40. The van der Waals surface area contributed by atoms with Crippen LogP contribution in [0.4, 0.5) is 0 Å². The molecule has 0 radical (unpaired) electrons. The Morgan fingerprint density at radius 1 is 1.17 bits per heavy atom. The van der Waals surface area contributed by atoms with E-state index in [2.05, 4.69) is 10.1 Å². The largest absolute Gasteiger partial charge is 0.266 e. The van der Waals surface area contributed by atoms with Crippen molar-refractivity contribution in [2.75, 3.05) is 0 Å². The SMILES string of the molecule is Cc1nc(-c2ccccc2)n2c(=S)n(C)ncc12. The average Bonchev–Trinajstić information content (AvgIpc) is 2.73. The van der Waals surface area contributed by atoms with Gasteiger partial charge in [0.05, 0.1) is 17.4 Å². The smallest absolute Gasteiger partial charge is 0.202 e. The van der Waals surface area contributed by atoms with Gasteiger partial charge < -0.3 is 0 Å². The molecule has 18 heavy (non-hydrogen) atoms.